The number of carbonyl (C=O) groups excluding carboxylic acids is 2. The van der Waals surface area contributed by atoms with Crippen LogP contribution in [0.25, 0.3) is 0 Å². The van der Waals surface area contributed by atoms with E-state index < -0.39 is 23.7 Å². The lowest BCUT2D eigenvalue weighted by molar-refractivity contribution is -0.143. The van der Waals surface area contributed by atoms with Gasteiger partial charge in [0.15, 0.2) is 0 Å². The molecule has 0 saturated heterocycles. The van der Waals surface area contributed by atoms with E-state index >= 15 is 0 Å². The van der Waals surface area contributed by atoms with E-state index in [0.717, 1.165) is 25.7 Å². The van der Waals surface area contributed by atoms with E-state index in [0.29, 0.717) is 18.4 Å². The number of carbonyl (C=O) groups is 2. The predicted octanol–water partition coefficient (Wildman–Crippen LogP) is 2.65. The second-order valence-corrected chi connectivity index (χ2v) is 6.84. The summed E-state index contributed by atoms with van der Waals surface area (Å²) >= 11 is 0. The van der Waals surface area contributed by atoms with Crippen LogP contribution in [0, 0.1) is 5.92 Å². The second kappa shape index (κ2) is 8.36. The molecule has 1 rings (SSSR count). The summed E-state index contributed by atoms with van der Waals surface area (Å²) in [5, 5.41) is 2.63. The van der Waals surface area contributed by atoms with Gasteiger partial charge in [0.2, 0.25) is 0 Å². The molecule has 1 saturated carbocycles. The molecule has 128 valence electrons. The van der Waals surface area contributed by atoms with Crippen LogP contribution in [0.15, 0.2) is 0 Å². The summed E-state index contributed by atoms with van der Waals surface area (Å²) in [5.74, 6) is -0.0508. The Kier molecular flexibility index (Phi) is 7.13. The number of rotatable bonds is 5. The van der Waals surface area contributed by atoms with Crippen molar-refractivity contribution in [3.63, 3.8) is 0 Å². The minimum atomic E-state index is -0.663. The Bertz CT molecular complexity index is 369. The van der Waals surface area contributed by atoms with Gasteiger partial charge in [-0.25, -0.2) is 9.59 Å². The Balaban J connectivity index is 2.54. The molecule has 0 heterocycles. The minimum Gasteiger partial charge on any atom is -0.467 e. The largest absolute Gasteiger partial charge is 0.467 e. The number of hydrogen-bond acceptors (Lipinski definition) is 5. The van der Waals surface area contributed by atoms with Crippen molar-refractivity contribution in [3.8, 4) is 0 Å². The van der Waals surface area contributed by atoms with Crippen molar-refractivity contribution in [2.45, 2.75) is 70.6 Å². The number of ether oxygens (including phenoxy) is 3. The van der Waals surface area contributed by atoms with Gasteiger partial charge in [-0.3, -0.25) is 0 Å². The SMILES string of the molecule is COC(=O)C(CC1CCC(OC)CC1)NC(=O)OC(C)(C)C. The van der Waals surface area contributed by atoms with Crippen molar-refractivity contribution in [2.24, 2.45) is 5.92 Å². The highest BCUT2D eigenvalue weighted by atomic mass is 16.6. The van der Waals surface area contributed by atoms with E-state index in [-0.39, 0.29) is 0 Å². The molecule has 0 aromatic rings. The van der Waals surface area contributed by atoms with Crippen LogP contribution in [0.3, 0.4) is 0 Å². The lowest BCUT2D eigenvalue weighted by Crippen LogP contribution is -2.45. The highest BCUT2D eigenvalue weighted by molar-refractivity contribution is 5.81. The lowest BCUT2D eigenvalue weighted by Gasteiger charge is -2.30. The topological polar surface area (TPSA) is 73.9 Å². The molecule has 6 heteroatoms. The molecule has 1 aliphatic carbocycles. The molecule has 1 atom stereocenters. The summed E-state index contributed by atoms with van der Waals surface area (Å²) in [6.07, 6.45) is 4.25. The molecule has 1 fully saturated rings. The Labute approximate surface area is 132 Å². The fraction of sp³-hybridized carbons (Fsp3) is 0.875. The van der Waals surface area contributed by atoms with Crippen LogP contribution >= 0.6 is 0 Å². The molecular formula is C16H29NO5. The molecule has 1 amide bonds. The van der Waals surface area contributed by atoms with Gasteiger partial charge in [-0.1, -0.05) is 0 Å². The van der Waals surface area contributed by atoms with Crippen molar-refractivity contribution in [1.29, 1.82) is 0 Å². The maximum Gasteiger partial charge on any atom is 0.408 e. The summed E-state index contributed by atoms with van der Waals surface area (Å²) in [7, 11) is 3.06. The summed E-state index contributed by atoms with van der Waals surface area (Å²) in [5.41, 5.74) is -0.596. The number of methoxy groups -OCH3 is 2. The summed E-state index contributed by atoms with van der Waals surface area (Å²) in [4.78, 5) is 23.8. The number of hydrogen-bond donors (Lipinski definition) is 1. The number of nitrogens with one attached hydrogen (secondary N) is 1. The maximum atomic E-state index is 11.9. The highest BCUT2D eigenvalue weighted by Gasteiger charge is 2.30. The predicted molar refractivity (Wildman–Crippen MR) is 82.5 cm³/mol. The first-order chi connectivity index (χ1) is 10.2. The van der Waals surface area contributed by atoms with Crippen LogP contribution in [0.5, 0.6) is 0 Å². The monoisotopic (exact) mass is 315 g/mol. The van der Waals surface area contributed by atoms with Crippen molar-refractivity contribution in [3.05, 3.63) is 0 Å². The van der Waals surface area contributed by atoms with E-state index in [9.17, 15) is 9.59 Å². The Morgan fingerprint density at radius 2 is 1.73 bits per heavy atom. The molecule has 1 aliphatic rings. The summed E-state index contributed by atoms with van der Waals surface area (Å²) in [6.45, 7) is 5.35. The molecule has 0 aliphatic heterocycles. The smallest absolute Gasteiger partial charge is 0.408 e. The van der Waals surface area contributed by atoms with E-state index in [1.54, 1.807) is 27.9 Å². The molecule has 1 N–H and O–H groups in total. The van der Waals surface area contributed by atoms with Crippen LogP contribution < -0.4 is 5.32 Å². The van der Waals surface area contributed by atoms with Gasteiger partial charge < -0.3 is 19.5 Å². The van der Waals surface area contributed by atoms with E-state index in [4.69, 9.17) is 14.2 Å². The highest BCUT2D eigenvalue weighted by Crippen LogP contribution is 2.29. The molecule has 0 aromatic heterocycles. The van der Waals surface area contributed by atoms with Gasteiger partial charge in [-0.2, -0.15) is 0 Å². The molecule has 6 nitrogen and oxygen atoms in total. The van der Waals surface area contributed by atoms with Crippen molar-refractivity contribution < 1.29 is 23.8 Å². The van der Waals surface area contributed by atoms with E-state index in [2.05, 4.69) is 5.32 Å². The van der Waals surface area contributed by atoms with E-state index in [1.807, 2.05) is 0 Å². The first-order valence-corrected chi connectivity index (χ1v) is 7.85. The Hall–Kier alpha value is -1.30. The third kappa shape index (κ3) is 6.64. The van der Waals surface area contributed by atoms with Crippen molar-refractivity contribution in [1.82, 2.24) is 5.32 Å². The number of amides is 1. The normalized spacial score (nSPS) is 23.5. The second-order valence-electron chi connectivity index (χ2n) is 6.84. The van der Waals surface area contributed by atoms with Gasteiger partial charge >= 0.3 is 12.1 Å². The van der Waals surface area contributed by atoms with Crippen LogP contribution in [-0.4, -0.2) is 44.0 Å². The summed E-state index contributed by atoms with van der Waals surface area (Å²) < 4.78 is 15.4. The first kappa shape index (κ1) is 18.7. The number of esters is 1. The standard InChI is InChI=1S/C16H29NO5/c1-16(2,3)22-15(19)17-13(14(18)21-5)10-11-6-8-12(20-4)9-7-11/h11-13H,6-10H2,1-5H3,(H,17,19). The third-order valence-corrected chi connectivity index (χ3v) is 3.87. The zero-order valence-corrected chi connectivity index (χ0v) is 14.3. The van der Waals surface area contributed by atoms with Crippen molar-refractivity contribution in [2.75, 3.05) is 14.2 Å². The van der Waals surface area contributed by atoms with Crippen LogP contribution in [0.4, 0.5) is 4.79 Å². The van der Waals surface area contributed by atoms with Gasteiger partial charge in [-0.05, 0) is 58.8 Å². The van der Waals surface area contributed by atoms with E-state index in [1.165, 1.54) is 7.11 Å². The first-order valence-electron chi connectivity index (χ1n) is 7.85. The van der Waals surface area contributed by atoms with Gasteiger partial charge in [0.1, 0.15) is 11.6 Å². The molecule has 0 aromatic carbocycles. The summed E-state index contributed by atoms with van der Waals surface area (Å²) in [6, 6.07) is -0.663. The molecule has 0 radical (unpaired) electrons. The zero-order valence-electron chi connectivity index (χ0n) is 14.3. The number of alkyl carbamates (subject to hydrolysis) is 1. The molecule has 0 bridgehead atoms. The Morgan fingerprint density at radius 1 is 1.14 bits per heavy atom. The van der Waals surface area contributed by atoms with Crippen LogP contribution in [0.2, 0.25) is 0 Å². The molecule has 0 spiro atoms. The Morgan fingerprint density at radius 3 is 2.18 bits per heavy atom. The van der Waals surface area contributed by atoms with Gasteiger partial charge in [0, 0.05) is 7.11 Å². The minimum absolute atomic E-state index is 0.312. The quantitative estimate of drug-likeness (QED) is 0.790. The van der Waals surface area contributed by atoms with Gasteiger partial charge in [0.25, 0.3) is 0 Å². The third-order valence-electron chi connectivity index (χ3n) is 3.87. The van der Waals surface area contributed by atoms with Crippen molar-refractivity contribution >= 4 is 12.1 Å². The molecular weight excluding hydrogens is 286 g/mol. The van der Waals surface area contributed by atoms with Crippen LogP contribution in [0.1, 0.15) is 52.9 Å². The maximum absolute atomic E-state index is 11.9. The molecule has 1 unspecified atom stereocenters. The average molecular weight is 315 g/mol. The fourth-order valence-corrected chi connectivity index (χ4v) is 2.74. The van der Waals surface area contributed by atoms with Gasteiger partial charge in [0.05, 0.1) is 13.2 Å². The van der Waals surface area contributed by atoms with Crippen LogP contribution in [-0.2, 0) is 19.0 Å². The zero-order chi connectivity index (χ0) is 16.8. The molecule has 22 heavy (non-hydrogen) atoms. The fourth-order valence-electron chi connectivity index (χ4n) is 2.74. The average Bonchev–Trinajstić information content (AvgIpc) is 2.44. The van der Waals surface area contributed by atoms with Gasteiger partial charge in [-0.15, -0.1) is 0 Å². The lowest BCUT2D eigenvalue weighted by atomic mass is 9.83.